The lowest BCUT2D eigenvalue weighted by atomic mass is 9.94. The van der Waals surface area contributed by atoms with Crippen LogP contribution in [0.3, 0.4) is 0 Å². The molecule has 66 valence electrons. The quantitative estimate of drug-likeness (QED) is 0.759. The van der Waals surface area contributed by atoms with E-state index in [0.29, 0.717) is 0 Å². The van der Waals surface area contributed by atoms with E-state index < -0.39 is 0 Å². The first kappa shape index (κ1) is 8.20. The summed E-state index contributed by atoms with van der Waals surface area (Å²) in [6.45, 7) is 0. The fraction of sp³-hybridized carbons (Fsp3) is 0.667. The van der Waals surface area contributed by atoms with E-state index >= 15 is 0 Å². The van der Waals surface area contributed by atoms with Gasteiger partial charge in [0, 0.05) is 23.0 Å². The molecular formula is C9H14N2S. The number of hydrogen-bond donors (Lipinski definition) is 1. The Labute approximate surface area is 76.8 Å². The van der Waals surface area contributed by atoms with Crippen molar-refractivity contribution in [2.45, 2.75) is 37.6 Å². The predicted octanol–water partition coefficient (Wildman–Crippen LogP) is 1.96. The number of thiazole rings is 1. The first-order chi connectivity index (χ1) is 5.79. The molecule has 1 fully saturated rings. The largest absolute Gasteiger partial charge is 0.325 e. The molecule has 1 aliphatic carbocycles. The van der Waals surface area contributed by atoms with E-state index in [9.17, 15) is 0 Å². The van der Waals surface area contributed by atoms with Crippen molar-refractivity contribution in [2.24, 2.45) is 5.73 Å². The van der Waals surface area contributed by atoms with Crippen LogP contribution in [0.1, 0.15) is 30.6 Å². The molecule has 3 heteroatoms. The fourth-order valence-electron chi connectivity index (χ4n) is 1.93. The normalized spacial score (nSPS) is 21.4. The van der Waals surface area contributed by atoms with Gasteiger partial charge >= 0.3 is 0 Å². The van der Waals surface area contributed by atoms with Gasteiger partial charge in [-0.15, -0.1) is 11.3 Å². The molecule has 0 bridgehead atoms. The molecule has 2 N–H and O–H groups in total. The number of nitrogens with two attached hydrogens (primary N) is 1. The Morgan fingerprint density at radius 2 is 2.25 bits per heavy atom. The van der Waals surface area contributed by atoms with Gasteiger partial charge in [-0.1, -0.05) is 12.8 Å². The second kappa shape index (κ2) is 3.15. The monoisotopic (exact) mass is 182 g/mol. The molecule has 1 aliphatic rings. The summed E-state index contributed by atoms with van der Waals surface area (Å²) < 4.78 is 0. The fourth-order valence-corrected chi connectivity index (χ4v) is 2.68. The Balaban J connectivity index is 2.02. The molecule has 0 unspecified atom stereocenters. The van der Waals surface area contributed by atoms with Crippen LogP contribution in [0.5, 0.6) is 0 Å². The lowest BCUT2D eigenvalue weighted by molar-refractivity contribution is 0.439. The van der Waals surface area contributed by atoms with E-state index in [1.807, 2.05) is 11.7 Å². The Hall–Kier alpha value is -0.410. The topological polar surface area (TPSA) is 38.9 Å². The Kier molecular flexibility index (Phi) is 2.15. The van der Waals surface area contributed by atoms with Crippen molar-refractivity contribution in [3.8, 4) is 0 Å². The molecule has 0 aliphatic heterocycles. The van der Waals surface area contributed by atoms with E-state index in [2.05, 4.69) is 4.98 Å². The van der Waals surface area contributed by atoms with Crippen molar-refractivity contribution in [3.63, 3.8) is 0 Å². The molecule has 12 heavy (non-hydrogen) atoms. The molecule has 0 spiro atoms. The van der Waals surface area contributed by atoms with E-state index in [1.54, 1.807) is 11.3 Å². The Bertz CT molecular complexity index is 237. The van der Waals surface area contributed by atoms with Gasteiger partial charge in [-0.05, 0) is 12.8 Å². The average Bonchev–Trinajstić information content (AvgIpc) is 2.62. The summed E-state index contributed by atoms with van der Waals surface area (Å²) in [5.41, 5.74) is 8.20. The first-order valence-corrected chi connectivity index (χ1v) is 5.33. The van der Waals surface area contributed by atoms with Crippen molar-refractivity contribution in [3.05, 3.63) is 16.6 Å². The van der Waals surface area contributed by atoms with Gasteiger partial charge in [-0.25, -0.2) is 0 Å². The van der Waals surface area contributed by atoms with Crippen LogP contribution in [0.4, 0.5) is 0 Å². The molecule has 1 aromatic heterocycles. The summed E-state index contributed by atoms with van der Waals surface area (Å²) in [4.78, 5) is 5.39. The van der Waals surface area contributed by atoms with E-state index in [-0.39, 0.29) is 5.54 Å². The van der Waals surface area contributed by atoms with Crippen LogP contribution in [-0.2, 0) is 6.42 Å². The standard InChI is InChI=1S/C9H14N2S/c10-9(3-1-2-4-9)5-8-6-11-7-12-8/h6-7H,1-5,10H2. The zero-order chi connectivity index (χ0) is 8.44. The van der Waals surface area contributed by atoms with Crippen LogP contribution in [0.25, 0.3) is 0 Å². The van der Waals surface area contributed by atoms with Gasteiger partial charge in [-0.2, -0.15) is 0 Å². The minimum atomic E-state index is 0.0898. The molecule has 1 saturated carbocycles. The van der Waals surface area contributed by atoms with Crippen LogP contribution in [0, 0.1) is 0 Å². The van der Waals surface area contributed by atoms with Crippen molar-refractivity contribution in [1.29, 1.82) is 0 Å². The van der Waals surface area contributed by atoms with Crippen LogP contribution in [0.2, 0.25) is 0 Å². The maximum Gasteiger partial charge on any atom is 0.0794 e. The SMILES string of the molecule is NC1(Cc2cncs2)CCCC1. The maximum absolute atomic E-state index is 6.23. The van der Waals surface area contributed by atoms with Crippen LogP contribution < -0.4 is 5.73 Å². The van der Waals surface area contributed by atoms with Gasteiger partial charge in [0.15, 0.2) is 0 Å². The molecule has 0 saturated heterocycles. The van der Waals surface area contributed by atoms with Crippen molar-refractivity contribution in [1.82, 2.24) is 4.98 Å². The highest BCUT2D eigenvalue weighted by atomic mass is 32.1. The van der Waals surface area contributed by atoms with Crippen molar-refractivity contribution < 1.29 is 0 Å². The molecule has 0 amide bonds. The second-order valence-electron chi connectivity index (χ2n) is 3.71. The molecule has 0 aromatic carbocycles. The molecule has 2 rings (SSSR count). The lowest BCUT2D eigenvalue weighted by Gasteiger charge is -2.21. The number of nitrogens with zero attached hydrogens (tertiary/aromatic N) is 1. The van der Waals surface area contributed by atoms with Gasteiger partial charge in [0.2, 0.25) is 0 Å². The third-order valence-electron chi connectivity index (χ3n) is 2.61. The van der Waals surface area contributed by atoms with Gasteiger partial charge in [0.1, 0.15) is 0 Å². The lowest BCUT2D eigenvalue weighted by Crippen LogP contribution is -2.38. The summed E-state index contributed by atoms with van der Waals surface area (Å²) in [5.74, 6) is 0. The van der Waals surface area contributed by atoms with Crippen molar-refractivity contribution >= 4 is 11.3 Å². The van der Waals surface area contributed by atoms with Gasteiger partial charge in [0.25, 0.3) is 0 Å². The van der Waals surface area contributed by atoms with E-state index in [0.717, 1.165) is 6.42 Å². The highest BCUT2D eigenvalue weighted by Crippen LogP contribution is 2.30. The number of hydrogen-bond acceptors (Lipinski definition) is 3. The average molecular weight is 182 g/mol. The maximum atomic E-state index is 6.23. The Morgan fingerprint density at radius 3 is 2.83 bits per heavy atom. The summed E-state index contributed by atoms with van der Waals surface area (Å²) in [6, 6.07) is 0. The van der Waals surface area contributed by atoms with Crippen molar-refractivity contribution in [2.75, 3.05) is 0 Å². The Morgan fingerprint density at radius 1 is 1.50 bits per heavy atom. The molecule has 1 aromatic rings. The molecule has 0 radical (unpaired) electrons. The number of aromatic nitrogens is 1. The zero-order valence-electron chi connectivity index (χ0n) is 7.12. The summed E-state index contributed by atoms with van der Waals surface area (Å²) in [6.07, 6.45) is 7.94. The highest BCUT2D eigenvalue weighted by molar-refractivity contribution is 7.09. The van der Waals surface area contributed by atoms with Crippen LogP contribution >= 0.6 is 11.3 Å². The predicted molar refractivity (Wildman–Crippen MR) is 51.2 cm³/mol. The minimum Gasteiger partial charge on any atom is -0.325 e. The highest BCUT2D eigenvalue weighted by Gasteiger charge is 2.29. The first-order valence-electron chi connectivity index (χ1n) is 4.45. The van der Waals surface area contributed by atoms with Crippen LogP contribution in [-0.4, -0.2) is 10.5 Å². The molecule has 1 heterocycles. The summed E-state index contributed by atoms with van der Waals surface area (Å²) >= 11 is 1.72. The molecule has 0 atom stereocenters. The van der Waals surface area contributed by atoms with E-state index in [1.165, 1.54) is 30.6 Å². The zero-order valence-corrected chi connectivity index (χ0v) is 7.94. The summed E-state index contributed by atoms with van der Waals surface area (Å²) in [5, 5.41) is 0. The molecular weight excluding hydrogens is 168 g/mol. The summed E-state index contributed by atoms with van der Waals surface area (Å²) in [7, 11) is 0. The van der Waals surface area contributed by atoms with Crippen LogP contribution in [0.15, 0.2) is 11.7 Å². The minimum absolute atomic E-state index is 0.0898. The van der Waals surface area contributed by atoms with Gasteiger partial charge < -0.3 is 5.73 Å². The molecule has 2 nitrogen and oxygen atoms in total. The number of rotatable bonds is 2. The van der Waals surface area contributed by atoms with E-state index in [4.69, 9.17) is 5.73 Å². The third-order valence-corrected chi connectivity index (χ3v) is 3.39. The second-order valence-corrected chi connectivity index (χ2v) is 4.68. The third kappa shape index (κ3) is 1.67. The van der Waals surface area contributed by atoms with Gasteiger partial charge in [-0.3, -0.25) is 4.98 Å². The van der Waals surface area contributed by atoms with Gasteiger partial charge in [0.05, 0.1) is 5.51 Å². The smallest absolute Gasteiger partial charge is 0.0794 e.